The first kappa shape index (κ1) is 12.0. The van der Waals surface area contributed by atoms with Gasteiger partial charge >= 0.3 is 0 Å². The average molecular weight is 240 g/mol. The van der Waals surface area contributed by atoms with Crippen molar-refractivity contribution in [2.45, 2.75) is 31.2 Å². The number of benzene rings is 1. The Bertz CT molecular complexity index is 442. The van der Waals surface area contributed by atoms with Crippen molar-refractivity contribution >= 4 is 11.6 Å². The molecule has 1 saturated carbocycles. The molecule has 0 spiro atoms. The van der Waals surface area contributed by atoms with Crippen molar-refractivity contribution in [2.24, 2.45) is 5.73 Å². The van der Waals surface area contributed by atoms with E-state index in [-0.39, 0.29) is 5.69 Å². The van der Waals surface area contributed by atoms with Gasteiger partial charge in [0.1, 0.15) is 0 Å². The smallest absolute Gasteiger partial charge is 0.244 e. The number of amides is 1. The Hall–Kier alpha value is -1.49. The quantitative estimate of drug-likeness (QED) is 0.832. The highest BCUT2D eigenvalue weighted by molar-refractivity contribution is 5.98. The van der Waals surface area contributed by atoms with Crippen molar-refractivity contribution in [3.8, 4) is 0 Å². The van der Waals surface area contributed by atoms with Crippen LogP contribution in [-0.2, 0) is 4.79 Å². The number of nitrogens with two attached hydrogens (primary N) is 1. The summed E-state index contributed by atoms with van der Waals surface area (Å²) >= 11 is 0. The van der Waals surface area contributed by atoms with E-state index in [1.54, 1.807) is 0 Å². The molecule has 0 atom stereocenters. The average Bonchev–Trinajstić information content (AvgIpc) is 2.73. The zero-order chi connectivity index (χ0) is 12.5. The predicted octanol–water partition coefficient (Wildman–Crippen LogP) is 2.17. The lowest BCUT2D eigenvalue weighted by atomic mass is 9.98. The largest absolute Gasteiger partial charge is 0.322 e. The molecule has 1 aromatic rings. The van der Waals surface area contributed by atoms with Gasteiger partial charge in [0.2, 0.25) is 5.91 Å². The molecule has 2 rings (SSSR count). The van der Waals surface area contributed by atoms with Crippen LogP contribution in [0.1, 0.15) is 25.7 Å². The summed E-state index contributed by atoms with van der Waals surface area (Å²) in [5.41, 5.74) is 4.80. The van der Waals surface area contributed by atoms with E-state index in [1.807, 2.05) is 0 Å². The highest BCUT2D eigenvalue weighted by Gasteiger charge is 2.37. The van der Waals surface area contributed by atoms with Gasteiger partial charge in [0.05, 0.1) is 11.2 Å². The summed E-state index contributed by atoms with van der Waals surface area (Å²) in [5.74, 6) is -2.48. The van der Waals surface area contributed by atoms with Gasteiger partial charge in [-0.2, -0.15) is 0 Å². The summed E-state index contributed by atoms with van der Waals surface area (Å²) in [6.45, 7) is 0. The third-order valence-electron chi connectivity index (χ3n) is 3.15. The van der Waals surface area contributed by atoms with Crippen molar-refractivity contribution in [3.63, 3.8) is 0 Å². The predicted molar refractivity (Wildman–Crippen MR) is 60.4 cm³/mol. The molecule has 92 valence electrons. The van der Waals surface area contributed by atoms with Gasteiger partial charge in [-0.3, -0.25) is 4.79 Å². The lowest BCUT2D eigenvalue weighted by Crippen LogP contribution is -2.48. The van der Waals surface area contributed by atoms with Crippen LogP contribution in [0.2, 0.25) is 0 Å². The minimum absolute atomic E-state index is 0.160. The summed E-state index contributed by atoms with van der Waals surface area (Å²) < 4.78 is 26.3. The number of carbonyl (C=O) groups is 1. The Labute approximate surface area is 98.0 Å². The highest BCUT2D eigenvalue weighted by atomic mass is 19.2. The molecule has 3 nitrogen and oxygen atoms in total. The second kappa shape index (κ2) is 4.41. The Morgan fingerprint density at radius 1 is 1.29 bits per heavy atom. The van der Waals surface area contributed by atoms with E-state index in [1.165, 1.54) is 12.1 Å². The normalized spacial score (nSPS) is 18.1. The Morgan fingerprint density at radius 3 is 2.59 bits per heavy atom. The fourth-order valence-corrected chi connectivity index (χ4v) is 2.08. The number of anilines is 1. The summed E-state index contributed by atoms with van der Waals surface area (Å²) in [6, 6.07) is 3.65. The molecule has 0 radical (unpaired) electrons. The molecule has 0 aromatic heterocycles. The Kier molecular flexibility index (Phi) is 3.11. The molecule has 0 bridgehead atoms. The third kappa shape index (κ3) is 2.29. The van der Waals surface area contributed by atoms with E-state index in [0.29, 0.717) is 12.8 Å². The fraction of sp³-hybridized carbons (Fsp3) is 0.417. The molecule has 1 aliphatic carbocycles. The molecule has 3 N–H and O–H groups in total. The molecular formula is C12H14F2N2O. The van der Waals surface area contributed by atoms with Crippen LogP contribution in [0.5, 0.6) is 0 Å². The van der Waals surface area contributed by atoms with Gasteiger partial charge in [0.15, 0.2) is 11.6 Å². The lowest BCUT2D eigenvalue weighted by Gasteiger charge is -2.22. The number of hydrogen-bond acceptors (Lipinski definition) is 2. The number of rotatable bonds is 2. The molecule has 5 heteroatoms. The van der Waals surface area contributed by atoms with E-state index >= 15 is 0 Å². The van der Waals surface area contributed by atoms with E-state index in [4.69, 9.17) is 5.73 Å². The van der Waals surface area contributed by atoms with Gasteiger partial charge in [0, 0.05) is 0 Å². The summed E-state index contributed by atoms with van der Waals surface area (Å²) in [6.07, 6.45) is 2.93. The monoisotopic (exact) mass is 240 g/mol. The van der Waals surface area contributed by atoms with Crippen LogP contribution in [0, 0.1) is 11.6 Å². The first-order valence-corrected chi connectivity index (χ1v) is 5.57. The second-order valence-corrected chi connectivity index (χ2v) is 4.42. The number of nitrogens with one attached hydrogen (secondary N) is 1. The zero-order valence-corrected chi connectivity index (χ0v) is 9.30. The topological polar surface area (TPSA) is 55.1 Å². The van der Waals surface area contributed by atoms with E-state index < -0.39 is 23.1 Å². The number of hydrogen-bond donors (Lipinski definition) is 2. The minimum Gasteiger partial charge on any atom is -0.322 e. The van der Waals surface area contributed by atoms with E-state index in [2.05, 4.69) is 5.32 Å². The van der Waals surface area contributed by atoms with Crippen LogP contribution < -0.4 is 11.1 Å². The maximum Gasteiger partial charge on any atom is 0.244 e. The highest BCUT2D eigenvalue weighted by Crippen LogP contribution is 2.29. The molecule has 0 unspecified atom stereocenters. The van der Waals surface area contributed by atoms with E-state index in [9.17, 15) is 13.6 Å². The molecule has 1 aromatic carbocycles. The van der Waals surface area contributed by atoms with Crippen LogP contribution >= 0.6 is 0 Å². The van der Waals surface area contributed by atoms with Crippen LogP contribution in [0.15, 0.2) is 18.2 Å². The van der Waals surface area contributed by atoms with Crippen molar-refractivity contribution in [3.05, 3.63) is 29.8 Å². The van der Waals surface area contributed by atoms with Crippen LogP contribution in [-0.4, -0.2) is 11.4 Å². The van der Waals surface area contributed by atoms with Gasteiger partial charge in [-0.25, -0.2) is 8.78 Å². The van der Waals surface area contributed by atoms with Gasteiger partial charge in [0.25, 0.3) is 0 Å². The lowest BCUT2D eigenvalue weighted by molar-refractivity contribution is -0.121. The molecule has 1 aliphatic rings. The maximum atomic E-state index is 13.3. The van der Waals surface area contributed by atoms with Crippen LogP contribution in [0.3, 0.4) is 0 Å². The van der Waals surface area contributed by atoms with Gasteiger partial charge in [-0.1, -0.05) is 18.9 Å². The number of carbonyl (C=O) groups excluding carboxylic acids is 1. The summed E-state index contributed by atoms with van der Waals surface area (Å²) in [7, 11) is 0. The van der Waals surface area contributed by atoms with Crippen molar-refractivity contribution in [2.75, 3.05) is 5.32 Å². The van der Waals surface area contributed by atoms with Crippen LogP contribution in [0.25, 0.3) is 0 Å². The molecule has 0 aliphatic heterocycles. The molecule has 17 heavy (non-hydrogen) atoms. The maximum absolute atomic E-state index is 13.3. The van der Waals surface area contributed by atoms with Crippen LogP contribution in [0.4, 0.5) is 14.5 Å². The summed E-state index contributed by atoms with van der Waals surface area (Å²) in [5, 5.41) is 2.35. The zero-order valence-electron chi connectivity index (χ0n) is 9.30. The first-order valence-electron chi connectivity index (χ1n) is 5.57. The first-order chi connectivity index (χ1) is 8.03. The molecule has 1 amide bonds. The van der Waals surface area contributed by atoms with Crippen molar-refractivity contribution in [1.82, 2.24) is 0 Å². The third-order valence-corrected chi connectivity index (χ3v) is 3.15. The fourth-order valence-electron chi connectivity index (χ4n) is 2.08. The Morgan fingerprint density at radius 2 is 1.94 bits per heavy atom. The van der Waals surface area contributed by atoms with Crippen molar-refractivity contribution in [1.29, 1.82) is 0 Å². The van der Waals surface area contributed by atoms with Gasteiger partial charge in [-0.15, -0.1) is 0 Å². The van der Waals surface area contributed by atoms with Gasteiger partial charge < -0.3 is 11.1 Å². The standard InChI is InChI=1S/C12H14F2N2O/c13-8-4-3-5-9(10(8)14)16-11(17)12(15)6-1-2-7-12/h3-5H,1-2,6-7,15H2,(H,16,17). The SMILES string of the molecule is NC1(C(=O)Nc2cccc(F)c2F)CCCC1. The number of halogens is 2. The second-order valence-electron chi connectivity index (χ2n) is 4.42. The molecule has 0 saturated heterocycles. The molecular weight excluding hydrogens is 226 g/mol. The van der Waals surface area contributed by atoms with Gasteiger partial charge in [-0.05, 0) is 25.0 Å². The summed E-state index contributed by atoms with van der Waals surface area (Å²) in [4.78, 5) is 11.9. The minimum atomic E-state index is -1.05. The molecule has 1 fully saturated rings. The molecule has 0 heterocycles. The Balaban J connectivity index is 2.16. The van der Waals surface area contributed by atoms with E-state index in [0.717, 1.165) is 18.9 Å². The van der Waals surface area contributed by atoms with Crippen molar-refractivity contribution < 1.29 is 13.6 Å².